The van der Waals surface area contributed by atoms with E-state index in [9.17, 15) is 0 Å². The van der Waals surface area contributed by atoms with Gasteiger partial charge < -0.3 is 20.9 Å². The van der Waals surface area contributed by atoms with Crippen LogP contribution < -0.4 is 20.9 Å². The zero-order valence-electron chi connectivity index (χ0n) is 17.5. The number of rotatable bonds is 4. The van der Waals surface area contributed by atoms with E-state index in [0.29, 0.717) is 11.7 Å². The molecule has 4 N–H and O–H groups in total. The molecule has 7 nitrogen and oxygen atoms in total. The zero-order chi connectivity index (χ0) is 21.3. The fraction of sp³-hybridized carbons (Fsp3) is 0.333. The first kappa shape index (κ1) is 19.6. The Balaban J connectivity index is 1.24. The Labute approximate surface area is 182 Å². The van der Waals surface area contributed by atoms with Gasteiger partial charge in [0.2, 0.25) is 11.8 Å². The van der Waals surface area contributed by atoms with E-state index in [4.69, 9.17) is 20.9 Å². The Morgan fingerprint density at radius 2 is 1.81 bits per heavy atom. The maximum Gasteiger partial charge on any atom is 0.225 e. The molecule has 0 unspecified atom stereocenters. The van der Waals surface area contributed by atoms with Crippen molar-refractivity contribution in [3.8, 4) is 17.4 Å². The monoisotopic (exact) mass is 417 g/mol. The summed E-state index contributed by atoms with van der Waals surface area (Å²) in [6.45, 7) is 2.85. The minimum Gasteiger partial charge on any atom is -0.470 e. The zero-order valence-corrected chi connectivity index (χ0v) is 17.5. The van der Waals surface area contributed by atoms with Crippen molar-refractivity contribution in [2.75, 3.05) is 24.6 Å². The van der Waals surface area contributed by atoms with Crippen LogP contribution in [-0.4, -0.2) is 33.6 Å². The molecule has 0 aliphatic carbocycles. The number of nitrogen functional groups attached to an aromatic ring is 2. The highest BCUT2D eigenvalue weighted by atomic mass is 16.5. The summed E-state index contributed by atoms with van der Waals surface area (Å²) in [6.07, 6.45) is 3.69. The molecule has 3 heterocycles. The fourth-order valence-corrected chi connectivity index (χ4v) is 4.56. The van der Waals surface area contributed by atoms with E-state index in [1.54, 1.807) is 0 Å². The Hall–Kier alpha value is -3.32. The minimum absolute atomic E-state index is 0.168. The third-order valence-corrected chi connectivity index (χ3v) is 6.10. The van der Waals surface area contributed by atoms with Gasteiger partial charge >= 0.3 is 0 Å². The number of nitrogens with zero attached hydrogens (tertiary/aromatic N) is 3. The van der Waals surface area contributed by atoms with Gasteiger partial charge in [0, 0.05) is 25.9 Å². The Morgan fingerprint density at radius 3 is 2.68 bits per heavy atom. The normalized spacial score (nSPS) is 20.8. The van der Waals surface area contributed by atoms with Crippen LogP contribution in [0.3, 0.4) is 0 Å². The Morgan fingerprint density at radius 1 is 0.968 bits per heavy atom. The largest absolute Gasteiger partial charge is 0.470 e. The number of para-hydroxylation sites is 1. The molecule has 1 saturated heterocycles. The predicted molar refractivity (Wildman–Crippen MR) is 120 cm³/mol. The number of nitrogens with two attached hydrogens (primary N) is 2. The molecule has 2 aliphatic rings. The molecular weight excluding hydrogens is 390 g/mol. The summed E-state index contributed by atoms with van der Waals surface area (Å²) >= 11 is 0. The summed E-state index contributed by atoms with van der Waals surface area (Å²) in [6, 6.07) is 18.2. The van der Waals surface area contributed by atoms with Gasteiger partial charge in [-0.3, -0.25) is 4.90 Å². The molecular formula is C24H27N5O2. The van der Waals surface area contributed by atoms with Crippen molar-refractivity contribution in [1.82, 2.24) is 14.9 Å². The highest BCUT2D eigenvalue weighted by molar-refractivity contribution is 5.52. The number of hydrogen-bond acceptors (Lipinski definition) is 7. The quantitative estimate of drug-likeness (QED) is 0.666. The molecule has 2 aromatic carbocycles. The van der Waals surface area contributed by atoms with E-state index < -0.39 is 0 Å². The van der Waals surface area contributed by atoms with Gasteiger partial charge in [0.05, 0.1) is 5.56 Å². The van der Waals surface area contributed by atoms with Crippen LogP contribution in [0.5, 0.6) is 17.4 Å². The highest BCUT2D eigenvalue weighted by Gasteiger charge is 2.42. The second kappa shape index (κ2) is 8.07. The van der Waals surface area contributed by atoms with Gasteiger partial charge in [-0.1, -0.05) is 30.3 Å². The molecule has 0 bridgehead atoms. The first-order valence-electron chi connectivity index (χ1n) is 10.7. The molecule has 7 heteroatoms. The fourth-order valence-electron chi connectivity index (χ4n) is 4.56. The second-order valence-corrected chi connectivity index (χ2v) is 8.40. The van der Waals surface area contributed by atoms with Crippen LogP contribution in [0.4, 0.5) is 11.8 Å². The van der Waals surface area contributed by atoms with Crippen molar-refractivity contribution in [3.63, 3.8) is 0 Å². The minimum atomic E-state index is -0.258. The van der Waals surface area contributed by atoms with Crippen LogP contribution >= 0.6 is 0 Å². The van der Waals surface area contributed by atoms with Gasteiger partial charge in [-0.2, -0.15) is 9.97 Å². The lowest BCUT2D eigenvalue weighted by Crippen LogP contribution is -2.36. The number of fused-ring (bicyclic) bond motifs is 1. The summed E-state index contributed by atoms with van der Waals surface area (Å²) in [4.78, 5) is 10.8. The van der Waals surface area contributed by atoms with E-state index in [-0.39, 0.29) is 11.5 Å². The van der Waals surface area contributed by atoms with Crippen LogP contribution in [0.15, 0.2) is 54.6 Å². The molecule has 2 aliphatic heterocycles. The molecule has 0 amide bonds. The maximum atomic E-state index is 6.30. The molecule has 3 aromatic rings. The van der Waals surface area contributed by atoms with Gasteiger partial charge in [0.1, 0.15) is 22.9 Å². The number of anilines is 2. The smallest absolute Gasteiger partial charge is 0.225 e. The number of ether oxygens (including phenoxy) is 2. The Bertz CT molecular complexity index is 1070. The maximum absolute atomic E-state index is 6.30. The molecule has 1 spiro atoms. The van der Waals surface area contributed by atoms with Crippen LogP contribution in [0, 0.1) is 0 Å². The van der Waals surface area contributed by atoms with Crippen LogP contribution in [0.25, 0.3) is 0 Å². The summed E-state index contributed by atoms with van der Waals surface area (Å²) in [5.74, 6) is 2.87. The average Bonchev–Trinajstić information content (AvgIpc) is 3.00. The Kier molecular flexibility index (Phi) is 5.11. The molecule has 1 fully saturated rings. The van der Waals surface area contributed by atoms with Gasteiger partial charge in [-0.25, -0.2) is 0 Å². The third-order valence-electron chi connectivity index (χ3n) is 6.10. The van der Waals surface area contributed by atoms with Gasteiger partial charge in [0.15, 0.2) is 0 Å². The first-order valence-corrected chi connectivity index (χ1v) is 10.7. The van der Waals surface area contributed by atoms with Crippen molar-refractivity contribution in [3.05, 3.63) is 65.7 Å². The summed E-state index contributed by atoms with van der Waals surface area (Å²) in [5, 5.41) is 0. The van der Waals surface area contributed by atoms with Crippen LogP contribution in [0.2, 0.25) is 0 Å². The summed E-state index contributed by atoms with van der Waals surface area (Å²) < 4.78 is 12.3. The van der Waals surface area contributed by atoms with Gasteiger partial charge in [-0.15, -0.1) is 0 Å². The predicted octanol–water partition coefficient (Wildman–Crippen LogP) is 3.79. The molecule has 31 heavy (non-hydrogen) atoms. The van der Waals surface area contributed by atoms with E-state index in [1.165, 1.54) is 5.56 Å². The van der Waals surface area contributed by atoms with E-state index in [1.807, 2.05) is 36.4 Å². The van der Waals surface area contributed by atoms with Gasteiger partial charge in [0.25, 0.3) is 0 Å². The van der Waals surface area contributed by atoms with Crippen molar-refractivity contribution < 1.29 is 9.47 Å². The van der Waals surface area contributed by atoms with Crippen LogP contribution in [-0.2, 0) is 13.0 Å². The lowest BCUT2D eigenvalue weighted by molar-refractivity contribution is 0.0728. The highest BCUT2D eigenvalue weighted by Crippen LogP contribution is 2.42. The number of hydrogen-bond donors (Lipinski definition) is 2. The van der Waals surface area contributed by atoms with Crippen molar-refractivity contribution >= 4 is 11.8 Å². The lowest BCUT2D eigenvalue weighted by Gasteiger charge is -2.27. The molecule has 160 valence electrons. The SMILES string of the molecule is Nc1nc(N)c2c(n1)O[C@@]1(CCCN(Cc3cccc(Oc4ccccc4)c3)CC1)C2. The standard InChI is InChI=1S/C24H27N5O2/c25-21-20-15-24(31-22(20)28-23(26)27-21)10-5-12-29(13-11-24)16-17-6-4-9-19(14-17)30-18-7-2-1-3-8-18/h1-4,6-9,14H,5,10-13,15-16H2,(H4,25,26,27,28)/t24-/m1/s1. The van der Waals surface area contributed by atoms with E-state index in [0.717, 1.165) is 62.4 Å². The molecule has 0 radical (unpaired) electrons. The lowest BCUT2D eigenvalue weighted by atomic mass is 9.90. The van der Waals surface area contributed by atoms with Crippen molar-refractivity contribution in [2.24, 2.45) is 0 Å². The topological polar surface area (TPSA) is 99.5 Å². The number of aromatic nitrogens is 2. The summed E-state index contributed by atoms with van der Waals surface area (Å²) in [5.41, 5.74) is 13.7. The molecule has 5 rings (SSSR count). The first-order chi connectivity index (χ1) is 15.1. The summed E-state index contributed by atoms with van der Waals surface area (Å²) in [7, 11) is 0. The molecule has 1 atom stereocenters. The average molecular weight is 418 g/mol. The third kappa shape index (κ3) is 4.27. The van der Waals surface area contributed by atoms with Crippen LogP contribution in [0.1, 0.15) is 30.4 Å². The van der Waals surface area contributed by atoms with Gasteiger partial charge in [-0.05, 0) is 49.2 Å². The molecule has 0 saturated carbocycles. The van der Waals surface area contributed by atoms with Crippen molar-refractivity contribution in [2.45, 2.75) is 37.8 Å². The molecule has 1 aromatic heterocycles. The van der Waals surface area contributed by atoms with Crippen molar-refractivity contribution in [1.29, 1.82) is 0 Å². The van der Waals surface area contributed by atoms with E-state index >= 15 is 0 Å². The second-order valence-electron chi connectivity index (χ2n) is 8.40. The van der Waals surface area contributed by atoms with E-state index in [2.05, 4.69) is 33.1 Å². The number of benzene rings is 2. The number of likely N-dealkylation sites (tertiary alicyclic amines) is 1.